The first-order valence-corrected chi connectivity index (χ1v) is 8.15. The van der Waals surface area contributed by atoms with Gasteiger partial charge >= 0.3 is 0 Å². The molecule has 1 heterocycles. The molecule has 2 N–H and O–H groups in total. The van der Waals surface area contributed by atoms with Gasteiger partial charge in [-0.25, -0.2) is 0 Å². The summed E-state index contributed by atoms with van der Waals surface area (Å²) in [6, 6.07) is 10.4. The Bertz CT molecular complexity index is 637. The fraction of sp³-hybridized carbons (Fsp3) is 0.294. The number of rotatable bonds is 7. The number of carbonyl (C=O) groups is 2. The minimum atomic E-state index is -0.414. The van der Waals surface area contributed by atoms with Crippen molar-refractivity contribution < 1.29 is 14.7 Å². The van der Waals surface area contributed by atoms with Crippen molar-refractivity contribution in [2.45, 2.75) is 25.9 Å². The van der Waals surface area contributed by atoms with Crippen molar-refractivity contribution in [3.8, 4) is 0 Å². The van der Waals surface area contributed by atoms with Gasteiger partial charge in [0, 0.05) is 12.1 Å². The van der Waals surface area contributed by atoms with Gasteiger partial charge in [-0.15, -0.1) is 11.3 Å². The molecule has 1 unspecified atom stereocenters. The fourth-order valence-electron chi connectivity index (χ4n) is 2.07. The Hall–Kier alpha value is -1.98. The highest BCUT2D eigenvalue weighted by molar-refractivity contribution is 7.12. The molecule has 0 aliphatic rings. The average molecular weight is 317 g/mol. The molecule has 116 valence electrons. The molecule has 4 nitrogen and oxygen atoms in total. The molecule has 1 atom stereocenters. The molecule has 1 aromatic heterocycles. The Balaban J connectivity index is 2.11. The second kappa shape index (κ2) is 7.87. The molecule has 22 heavy (non-hydrogen) atoms. The molecule has 0 aliphatic heterocycles. The van der Waals surface area contributed by atoms with Gasteiger partial charge in [-0.05, 0) is 30.4 Å². The summed E-state index contributed by atoms with van der Waals surface area (Å²) in [5, 5.41) is 14.1. The molecule has 0 saturated carbocycles. The normalized spacial score (nSPS) is 11.9. The topological polar surface area (TPSA) is 66.4 Å². The van der Waals surface area contributed by atoms with Crippen molar-refractivity contribution in [2.75, 3.05) is 6.54 Å². The summed E-state index contributed by atoms with van der Waals surface area (Å²) < 4.78 is 0. The quantitative estimate of drug-likeness (QED) is 0.772. The minimum Gasteiger partial charge on any atom is -0.393 e. The maximum atomic E-state index is 12.5. The van der Waals surface area contributed by atoms with Crippen LogP contribution in [0.15, 0.2) is 41.8 Å². The summed E-state index contributed by atoms with van der Waals surface area (Å²) in [4.78, 5) is 25.3. The van der Waals surface area contributed by atoms with Crippen LogP contribution in [0.25, 0.3) is 0 Å². The van der Waals surface area contributed by atoms with Gasteiger partial charge < -0.3 is 10.4 Å². The second-order valence-electron chi connectivity index (χ2n) is 4.96. The largest absolute Gasteiger partial charge is 0.393 e. The lowest BCUT2D eigenvalue weighted by Gasteiger charge is -2.11. The van der Waals surface area contributed by atoms with Crippen LogP contribution in [0.5, 0.6) is 0 Å². The molecule has 0 aliphatic carbocycles. The van der Waals surface area contributed by atoms with Crippen LogP contribution in [0.2, 0.25) is 0 Å². The van der Waals surface area contributed by atoms with Crippen LogP contribution in [-0.2, 0) is 0 Å². The summed E-state index contributed by atoms with van der Waals surface area (Å²) in [6.45, 7) is 2.27. The van der Waals surface area contributed by atoms with Crippen LogP contribution in [0.1, 0.15) is 45.4 Å². The molecule has 0 spiro atoms. The van der Waals surface area contributed by atoms with Gasteiger partial charge in [0.1, 0.15) is 0 Å². The van der Waals surface area contributed by atoms with Crippen molar-refractivity contribution in [1.82, 2.24) is 5.32 Å². The molecular weight excluding hydrogens is 298 g/mol. The van der Waals surface area contributed by atoms with Gasteiger partial charge in [-0.1, -0.05) is 31.2 Å². The van der Waals surface area contributed by atoms with Gasteiger partial charge in [0.25, 0.3) is 5.91 Å². The average Bonchev–Trinajstić information content (AvgIpc) is 3.08. The number of aliphatic hydroxyl groups is 1. The summed E-state index contributed by atoms with van der Waals surface area (Å²) in [5.74, 6) is -0.432. The van der Waals surface area contributed by atoms with E-state index < -0.39 is 6.10 Å². The zero-order valence-corrected chi connectivity index (χ0v) is 13.2. The number of hydrogen-bond donors (Lipinski definition) is 2. The molecule has 2 rings (SSSR count). The number of nitrogens with one attached hydrogen (secondary N) is 1. The summed E-state index contributed by atoms with van der Waals surface area (Å²) in [7, 11) is 0. The maximum Gasteiger partial charge on any atom is 0.252 e. The van der Waals surface area contributed by atoms with Gasteiger partial charge in [0.05, 0.1) is 16.5 Å². The first-order valence-electron chi connectivity index (χ1n) is 7.27. The Morgan fingerprint density at radius 1 is 1.18 bits per heavy atom. The Morgan fingerprint density at radius 2 is 1.91 bits per heavy atom. The number of carbonyl (C=O) groups excluding carboxylic acids is 2. The van der Waals surface area contributed by atoms with E-state index in [1.165, 1.54) is 11.3 Å². The smallest absolute Gasteiger partial charge is 0.252 e. The van der Waals surface area contributed by atoms with Crippen LogP contribution in [0, 0.1) is 0 Å². The molecule has 2 aromatic rings. The number of ketones is 1. The summed E-state index contributed by atoms with van der Waals surface area (Å²) in [5.41, 5.74) is 0.769. The van der Waals surface area contributed by atoms with Gasteiger partial charge in [0.15, 0.2) is 0 Å². The van der Waals surface area contributed by atoms with E-state index in [0.717, 1.165) is 0 Å². The third-order valence-electron chi connectivity index (χ3n) is 3.40. The van der Waals surface area contributed by atoms with Crippen LogP contribution >= 0.6 is 11.3 Å². The lowest BCUT2D eigenvalue weighted by atomic mass is 10.0. The van der Waals surface area contributed by atoms with Crippen molar-refractivity contribution in [2.24, 2.45) is 0 Å². The van der Waals surface area contributed by atoms with E-state index in [-0.39, 0.29) is 11.7 Å². The van der Waals surface area contributed by atoms with E-state index in [2.05, 4.69) is 5.32 Å². The maximum absolute atomic E-state index is 12.5. The van der Waals surface area contributed by atoms with Gasteiger partial charge in [0.2, 0.25) is 5.78 Å². The van der Waals surface area contributed by atoms with Gasteiger partial charge in [-0.2, -0.15) is 0 Å². The monoisotopic (exact) mass is 317 g/mol. The molecule has 0 saturated heterocycles. The Kier molecular flexibility index (Phi) is 5.86. The van der Waals surface area contributed by atoms with E-state index in [9.17, 15) is 14.7 Å². The van der Waals surface area contributed by atoms with E-state index >= 15 is 0 Å². The lowest BCUT2D eigenvalue weighted by Crippen LogP contribution is -2.28. The molecule has 5 heteroatoms. The minimum absolute atomic E-state index is 0.144. The zero-order chi connectivity index (χ0) is 15.9. The Labute approximate surface area is 133 Å². The molecule has 0 fully saturated rings. The van der Waals surface area contributed by atoms with Crippen LogP contribution < -0.4 is 5.32 Å². The molecule has 1 aromatic carbocycles. The third kappa shape index (κ3) is 4.02. The summed E-state index contributed by atoms with van der Waals surface area (Å²) in [6.07, 6.45) is 0.746. The number of benzene rings is 1. The van der Waals surface area contributed by atoms with Crippen molar-refractivity contribution in [3.63, 3.8) is 0 Å². The first-order chi connectivity index (χ1) is 10.6. The Morgan fingerprint density at radius 3 is 2.55 bits per heavy atom. The highest BCUT2D eigenvalue weighted by Crippen LogP contribution is 2.18. The van der Waals surface area contributed by atoms with E-state index in [4.69, 9.17) is 0 Å². The lowest BCUT2D eigenvalue weighted by molar-refractivity contribution is 0.0931. The number of hydrogen-bond acceptors (Lipinski definition) is 4. The number of amides is 1. The predicted molar refractivity (Wildman–Crippen MR) is 87.4 cm³/mol. The molecular formula is C17H19NO3S. The predicted octanol–water partition coefficient (Wildman–Crippen LogP) is 2.87. The van der Waals surface area contributed by atoms with Crippen LogP contribution in [0.3, 0.4) is 0 Å². The fourth-order valence-corrected chi connectivity index (χ4v) is 2.75. The number of aliphatic hydroxyl groups excluding tert-OH is 1. The zero-order valence-electron chi connectivity index (χ0n) is 12.4. The van der Waals surface area contributed by atoms with E-state index in [1.807, 2.05) is 18.4 Å². The van der Waals surface area contributed by atoms with Crippen LogP contribution in [-0.4, -0.2) is 29.4 Å². The van der Waals surface area contributed by atoms with Gasteiger partial charge in [-0.3, -0.25) is 9.59 Å². The first kappa shape index (κ1) is 16.4. The SMILES string of the molecule is CCC(O)CCNC(=O)c1ccccc1C(=O)c1cccs1. The molecule has 0 bridgehead atoms. The van der Waals surface area contributed by atoms with Crippen LogP contribution in [0.4, 0.5) is 0 Å². The van der Waals surface area contributed by atoms with Crippen molar-refractivity contribution >= 4 is 23.0 Å². The van der Waals surface area contributed by atoms with E-state index in [0.29, 0.717) is 35.4 Å². The third-order valence-corrected chi connectivity index (χ3v) is 4.26. The number of thiophene rings is 1. The van der Waals surface area contributed by atoms with Crippen molar-refractivity contribution in [3.05, 3.63) is 57.8 Å². The second-order valence-corrected chi connectivity index (χ2v) is 5.91. The van der Waals surface area contributed by atoms with E-state index in [1.54, 1.807) is 30.3 Å². The molecule has 0 radical (unpaired) electrons. The highest BCUT2D eigenvalue weighted by atomic mass is 32.1. The molecule has 1 amide bonds. The standard InChI is InChI=1S/C17H19NO3S/c1-2-12(19)9-10-18-17(21)14-7-4-3-6-13(14)16(20)15-8-5-11-22-15/h3-8,11-12,19H,2,9-10H2,1H3,(H,18,21). The summed E-state index contributed by atoms with van der Waals surface area (Å²) >= 11 is 1.36. The highest BCUT2D eigenvalue weighted by Gasteiger charge is 2.18. The van der Waals surface area contributed by atoms with Crippen molar-refractivity contribution in [1.29, 1.82) is 0 Å².